The monoisotopic (exact) mass is 752 g/mol. The van der Waals surface area contributed by atoms with Gasteiger partial charge in [0.05, 0.1) is 0 Å². The summed E-state index contributed by atoms with van der Waals surface area (Å²) in [6, 6.07) is 33.1. The van der Waals surface area contributed by atoms with Crippen LogP contribution in [0.4, 0.5) is 0 Å². The van der Waals surface area contributed by atoms with Gasteiger partial charge in [-0.05, 0) is 17.4 Å². The zero-order valence-electron chi connectivity index (χ0n) is 30.6. The predicted octanol–water partition coefficient (Wildman–Crippen LogP) is 6.02. The Hall–Kier alpha value is -2.31. The Kier molecular flexibility index (Phi) is 15.8. The van der Waals surface area contributed by atoms with Crippen LogP contribution in [0.15, 0.2) is 97.1 Å². The van der Waals surface area contributed by atoms with Crippen LogP contribution in [-0.4, -0.2) is 3.21 Å². The molecule has 0 bridgehead atoms. The molecule has 0 atom stereocenters. The topological polar surface area (TPSA) is 0 Å². The molecular weight excluding hydrogens is 703 g/mol. The van der Waals surface area contributed by atoms with Crippen LogP contribution in [0.5, 0.6) is 0 Å². The van der Waals surface area contributed by atoms with Crippen LogP contribution in [0.25, 0.3) is 11.1 Å². The Morgan fingerprint density at radius 1 is 0.667 bits per heavy atom. The van der Waals surface area contributed by atoms with E-state index in [1.54, 1.807) is 0 Å². The number of allylic oxidation sites excluding steroid dienone is 4. The van der Waals surface area contributed by atoms with Crippen molar-refractivity contribution in [1.82, 2.24) is 0 Å². The SMILES string of the molecule is CC(C)(C)c1c[c-]c2c(c1)-c1cc(C(C)(C)C)ccc1C2.CC(C)c1ccc([C](=[Zr+2])c2ccc(C(C)C)cc2)cc1.[C-]1=CC=CC1.[Cl-].[Cl-]. The number of rotatable bonds is 4. The Labute approximate surface area is 319 Å². The Balaban J connectivity index is 0.000000281. The maximum atomic E-state index is 3.53. The van der Waals surface area contributed by atoms with Crippen molar-refractivity contribution in [2.24, 2.45) is 0 Å². The zero-order chi connectivity index (χ0) is 33.6. The molecule has 0 aliphatic heterocycles. The van der Waals surface area contributed by atoms with Gasteiger partial charge < -0.3 is 24.8 Å². The van der Waals surface area contributed by atoms with Crippen LogP contribution in [0.1, 0.15) is 132 Å². The van der Waals surface area contributed by atoms with Crippen LogP contribution in [0, 0.1) is 12.1 Å². The first-order valence-electron chi connectivity index (χ1n) is 16.8. The standard InChI is InChI=1S/C21H25.C19H22.C5H5.2ClH.Zr/c1-20(2,3)16-9-7-14-11-15-8-10-17(21(4,5)6)13-19(15)18(14)12-16;1-14(2)18-9-5-16(6-10-18)13-17-7-11-19(12-8-17)15(3)4;1-2-4-5-3-1;;;/h7,9-10,12-13H,11H2,1-6H3;5-12,14-15H,1-4H3;1-3H,4H2;2*1H;/q-1;;-1;;;+2/p-2. The minimum Gasteiger partial charge on any atom is -1.00 e. The third-order valence-electron chi connectivity index (χ3n) is 8.84. The Bertz CT molecular complexity index is 1570. The molecule has 0 radical (unpaired) electrons. The summed E-state index contributed by atoms with van der Waals surface area (Å²) in [5, 5.41) is 0. The second kappa shape index (κ2) is 18.1. The average molecular weight is 755 g/mol. The quantitative estimate of drug-likeness (QED) is 0.197. The molecule has 0 amide bonds. The maximum Gasteiger partial charge on any atom is -0.109 e. The number of halogens is 2. The molecule has 0 spiro atoms. The maximum absolute atomic E-state index is 3.53. The second-order valence-corrected chi connectivity index (χ2v) is 16.5. The molecule has 0 nitrogen and oxygen atoms in total. The second-order valence-electron chi connectivity index (χ2n) is 15.3. The van der Waals surface area contributed by atoms with Crippen LogP contribution in [-0.2, 0) is 41.5 Å². The van der Waals surface area contributed by atoms with E-state index in [0.717, 1.165) is 12.8 Å². The van der Waals surface area contributed by atoms with E-state index in [0.29, 0.717) is 11.8 Å². The summed E-state index contributed by atoms with van der Waals surface area (Å²) >= 11 is 1.47. The van der Waals surface area contributed by atoms with Gasteiger partial charge in [0, 0.05) is 0 Å². The van der Waals surface area contributed by atoms with Crippen molar-refractivity contribution in [1.29, 1.82) is 0 Å². The molecule has 6 rings (SSSR count). The molecule has 4 aromatic rings. The van der Waals surface area contributed by atoms with E-state index in [4.69, 9.17) is 0 Å². The minimum atomic E-state index is 0. The summed E-state index contributed by atoms with van der Waals surface area (Å²) in [7, 11) is 0. The zero-order valence-corrected chi connectivity index (χ0v) is 34.5. The number of benzene rings is 4. The molecule has 2 aliphatic carbocycles. The normalized spacial score (nSPS) is 12.6. The van der Waals surface area contributed by atoms with Crippen molar-refractivity contribution in [3.05, 3.63) is 154 Å². The van der Waals surface area contributed by atoms with Gasteiger partial charge in [-0.1, -0.05) is 76.3 Å². The van der Waals surface area contributed by atoms with Crippen molar-refractivity contribution < 1.29 is 49.0 Å². The van der Waals surface area contributed by atoms with Gasteiger partial charge in [0.1, 0.15) is 0 Å². The Morgan fingerprint density at radius 2 is 1.17 bits per heavy atom. The first-order chi connectivity index (χ1) is 21.6. The van der Waals surface area contributed by atoms with Gasteiger partial charge in [0.2, 0.25) is 0 Å². The van der Waals surface area contributed by atoms with Crippen molar-refractivity contribution >= 4 is 3.21 Å². The van der Waals surface area contributed by atoms with E-state index < -0.39 is 0 Å². The predicted molar refractivity (Wildman–Crippen MR) is 197 cm³/mol. The van der Waals surface area contributed by atoms with Crippen molar-refractivity contribution in [3.63, 3.8) is 0 Å². The fourth-order valence-electron chi connectivity index (χ4n) is 5.56. The van der Waals surface area contributed by atoms with E-state index in [2.05, 4.69) is 166 Å². The molecule has 0 saturated carbocycles. The summed E-state index contributed by atoms with van der Waals surface area (Å²) < 4.78 is 1.43. The van der Waals surface area contributed by atoms with Gasteiger partial charge in [-0.25, -0.2) is 12.2 Å². The summed E-state index contributed by atoms with van der Waals surface area (Å²) in [4.78, 5) is 0. The molecule has 2 aliphatic rings. The summed E-state index contributed by atoms with van der Waals surface area (Å²) in [6.45, 7) is 22.6. The largest absolute Gasteiger partial charge is 1.00 e. The molecule has 0 heterocycles. The molecule has 0 unspecified atom stereocenters. The van der Waals surface area contributed by atoms with Gasteiger partial charge in [-0.15, -0.1) is 12.0 Å². The molecular formula is C45H52Cl2Zr-2. The fraction of sp³-hybridized carbons (Fsp3) is 0.356. The van der Waals surface area contributed by atoms with Crippen molar-refractivity contribution in [3.8, 4) is 11.1 Å². The molecule has 3 heteroatoms. The molecule has 0 aromatic heterocycles. The van der Waals surface area contributed by atoms with Crippen LogP contribution in [0.2, 0.25) is 0 Å². The summed E-state index contributed by atoms with van der Waals surface area (Å²) in [5.74, 6) is 1.20. The van der Waals surface area contributed by atoms with Crippen LogP contribution in [0.3, 0.4) is 0 Å². The number of fused-ring (bicyclic) bond motifs is 3. The average Bonchev–Trinajstić information content (AvgIpc) is 3.72. The Morgan fingerprint density at radius 3 is 1.56 bits per heavy atom. The smallest absolute Gasteiger partial charge is 0.109 e. The molecule has 4 aromatic carbocycles. The number of hydrogen-bond acceptors (Lipinski definition) is 0. The van der Waals surface area contributed by atoms with Crippen molar-refractivity contribution in [2.75, 3.05) is 0 Å². The first kappa shape index (κ1) is 41.9. The van der Waals surface area contributed by atoms with Crippen LogP contribution >= 0.6 is 0 Å². The summed E-state index contributed by atoms with van der Waals surface area (Å²) in [6.07, 6.45) is 11.0. The summed E-state index contributed by atoms with van der Waals surface area (Å²) in [5.41, 5.74) is 14.3. The van der Waals surface area contributed by atoms with Crippen LogP contribution < -0.4 is 24.8 Å². The van der Waals surface area contributed by atoms with Gasteiger partial charge in [-0.2, -0.15) is 35.4 Å². The van der Waals surface area contributed by atoms with E-state index in [9.17, 15) is 0 Å². The van der Waals surface area contributed by atoms with E-state index >= 15 is 0 Å². The van der Waals surface area contributed by atoms with E-state index in [1.165, 1.54) is 83.1 Å². The van der Waals surface area contributed by atoms with Crippen molar-refractivity contribution in [2.45, 2.75) is 105 Å². The number of hydrogen-bond donors (Lipinski definition) is 0. The van der Waals surface area contributed by atoms with E-state index in [1.807, 2.05) is 12.2 Å². The fourth-order valence-corrected chi connectivity index (χ4v) is 6.38. The molecule has 0 N–H and O–H groups in total. The minimum absolute atomic E-state index is 0. The first-order valence-corrected chi connectivity index (χ1v) is 18.1. The molecule has 252 valence electrons. The van der Waals surface area contributed by atoms with Gasteiger partial charge in [-0.3, -0.25) is 6.08 Å². The third kappa shape index (κ3) is 11.1. The van der Waals surface area contributed by atoms with E-state index in [-0.39, 0.29) is 35.6 Å². The molecule has 0 fully saturated rings. The molecule has 48 heavy (non-hydrogen) atoms. The van der Waals surface area contributed by atoms with Gasteiger partial charge in [0.15, 0.2) is 0 Å². The molecule has 0 saturated heterocycles. The third-order valence-corrected chi connectivity index (χ3v) is 10.3. The van der Waals surface area contributed by atoms with Gasteiger partial charge in [0.25, 0.3) is 0 Å². The van der Waals surface area contributed by atoms with Gasteiger partial charge >= 0.3 is 138 Å².